The molecular weight excluding hydrogens is 414 g/mol. The Bertz CT molecular complexity index is 778. The van der Waals surface area contributed by atoms with Crippen LogP contribution in [0, 0.1) is 0 Å². The van der Waals surface area contributed by atoms with Crippen molar-refractivity contribution in [1.29, 1.82) is 0 Å². The molecule has 0 fully saturated rings. The number of carbonyl (C=O) groups excluding carboxylic acids is 2. The Morgan fingerprint density at radius 2 is 1.70 bits per heavy atom. The van der Waals surface area contributed by atoms with Gasteiger partial charge in [-0.1, -0.05) is 34.1 Å². The van der Waals surface area contributed by atoms with Gasteiger partial charge in [-0.3, -0.25) is 4.79 Å². The number of amides is 1. The number of benzene rings is 2. The molecule has 2 unspecified atom stereocenters. The Labute approximate surface area is 166 Å². The summed E-state index contributed by atoms with van der Waals surface area (Å²) >= 11 is 3.33. The molecule has 0 heterocycles. The van der Waals surface area contributed by atoms with Gasteiger partial charge in [-0.25, -0.2) is 4.79 Å². The zero-order valence-corrected chi connectivity index (χ0v) is 17.0. The Kier molecular flexibility index (Phi) is 7.67. The average molecular weight is 436 g/mol. The van der Waals surface area contributed by atoms with Crippen LogP contribution in [0.4, 0.5) is 0 Å². The van der Waals surface area contributed by atoms with Crippen LogP contribution in [-0.4, -0.2) is 31.2 Å². The average Bonchev–Trinajstić information content (AvgIpc) is 2.67. The highest BCUT2D eigenvalue weighted by molar-refractivity contribution is 9.10. The van der Waals surface area contributed by atoms with Crippen molar-refractivity contribution in [3.8, 4) is 11.5 Å². The molecule has 0 spiro atoms. The van der Waals surface area contributed by atoms with E-state index in [4.69, 9.17) is 14.2 Å². The zero-order chi connectivity index (χ0) is 19.8. The Hall–Kier alpha value is -2.54. The molecule has 2 aromatic rings. The number of carbonyl (C=O) groups is 2. The van der Waals surface area contributed by atoms with Gasteiger partial charge in [0.05, 0.1) is 7.11 Å². The number of halogens is 1. The summed E-state index contributed by atoms with van der Waals surface area (Å²) in [6.07, 6.45) is -1.78. The first-order valence-corrected chi connectivity index (χ1v) is 9.22. The Morgan fingerprint density at radius 1 is 1.04 bits per heavy atom. The van der Waals surface area contributed by atoms with Crippen molar-refractivity contribution in [3.63, 3.8) is 0 Å². The highest BCUT2D eigenvalue weighted by atomic mass is 79.9. The molecule has 0 aliphatic heterocycles. The lowest BCUT2D eigenvalue weighted by molar-refractivity contribution is -0.160. The molecule has 1 amide bonds. The number of rotatable bonds is 8. The van der Waals surface area contributed by atoms with Crippen LogP contribution in [0.15, 0.2) is 53.0 Å². The molecule has 2 atom stereocenters. The fourth-order valence-corrected chi connectivity index (χ4v) is 2.53. The van der Waals surface area contributed by atoms with E-state index < -0.39 is 24.1 Å². The number of ether oxygens (including phenoxy) is 3. The highest BCUT2D eigenvalue weighted by Crippen LogP contribution is 2.18. The summed E-state index contributed by atoms with van der Waals surface area (Å²) in [5.41, 5.74) is 0.832. The standard InChI is InChI=1S/C20H22BrNO5/c1-13(19(23)22-12-15-6-4-5-7-18(15)25-3)27-20(24)14(2)26-17-10-8-16(21)9-11-17/h4-11,13-14H,12H2,1-3H3,(H,22,23). The first kappa shape index (κ1) is 20.8. The van der Waals surface area contributed by atoms with E-state index in [1.54, 1.807) is 38.3 Å². The molecule has 0 aliphatic carbocycles. The van der Waals surface area contributed by atoms with E-state index in [1.807, 2.05) is 24.3 Å². The molecule has 2 rings (SSSR count). The molecule has 27 heavy (non-hydrogen) atoms. The lowest BCUT2D eigenvalue weighted by Crippen LogP contribution is -2.38. The molecule has 144 valence electrons. The summed E-state index contributed by atoms with van der Waals surface area (Å²) in [6.45, 7) is 3.36. The van der Waals surface area contributed by atoms with Crippen molar-refractivity contribution in [2.24, 2.45) is 0 Å². The SMILES string of the molecule is COc1ccccc1CNC(=O)C(C)OC(=O)C(C)Oc1ccc(Br)cc1. The van der Waals surface area contributed by atoms with E-state index in [-0.39, 0.29) is 6.54 Å². The molecule has 2 aromatic carbocycles. The fraction of sp³-hybridized carbons (Fsp3) is 0.300. The Balaban J connectivity index is 1.83. The largest absolute Gasteiger partial charge is 0.496 e. The van der Waals surface area contributed by atoms with E-state index >= 15 is 0 Å². The van der Waals surface area contributed by atoms with Gasteiger partial charge in [0.1, 0.15) is 11.5 Å². The van der Waals surface area contributed by atoms with Gasteiger partial charge in [0.15, 0.2) is 12.2 Å². The minimum atomic E-state index is -0.942. The summed E-state index contributed by atoms with van der Waals surface area (Å²) in [7, 11) is 1.57. The van der Waals surface area contributed by atoms with Gasteiger partial charge in [0.2, 0.25) is 0 Å². The van der Waals surface area contributed by atoms with E-state index in [2.05, 4.69) is 21.2 Å². The second-order valence-corrected chi connectivity index (χ2v) is 6.74. The van der Waals surface area contributed by atoms with Gasteiger partial charge in [-0.15, -0.1) is 0 Å². The van der Waals surface area contributed by atoms with Crippen LogP contribution in [0.3, 0.4) is 0 Å². The van der Waals surface area contributed by atoms with E-state index in [1.165, 1.54) is 6.92 Å². The molecule has 0 bridgehead atoms. The topological polar surface area (TPSA) is 73.9 Å². The number of hydrogen-bond acceptors (Lipinski definition) is 5. The fourth-order valence-electron chi connectivity index (χ4n) is 2.26. The van der Waals surface area contributed by atoms with Gasteiger partial charge >= 0.3 is 5.97 Å². The van der Waals surface area contributed by atoms with Crippen LogP contribution in [0.2, 0.25) is 0 Å². The van der Waals surface area contributed by atoms with Crippen LogP contribution in [0.5, 0.6) is 11.5 Å². The molecule has 7 heteroatoms. The third kappa shape index (κ3) is 6.29. The number of methoxy groups -OCH3 is 1. The van der Waals surface area contributed by atoms with Crippen molar-refractivity contribution in [2.75, 3.05) is 7.11 Å². The molecule has 0 saturated carbocycles. The first-order valence-electron chi connectivity index (χ1n) is 8.43. The highest BCUT2D eigenvalue weighted by Gasteiger charge is 2.23. The summed E-state index contributed by atoms with van der Waals surface area (Å²) in [5.74, 6) is 0.206. The third-order valence-corrected chi connectivity index (χ3v) is 4.29. The molecule has 1 N–H and O–H groups in total. The van der Waals surface area contributed by atoms with Crippen molar-refractivity contribution < 1.29 is 23.8 Å². The van der Waals surface area contributed by atoms with Crippen LogP contribution in [0.1, 0.15) is 19.4 Å². The van der Waals surface area contributed by atoms with Gasteiger partial charge < -0.3 is 19.5 Å². The van der Waals surface area contributed by atoms with E-state index in [0.717, 1.165) is 10.0 Å². The molecule has 0 radical (unpaired) electrons. The molecule has 0 aromatic heterocycles. The first-order chi connectivity index (χ1) is 12.9. The molecule has 6 nitrogen and oxygen atoms in total. The van der Waals surface area contributed by atoms with Crippen molar-refractivity contribution >= 4 is 27.8 Å². The maximum Gasteiger partial charge on any atom is 0.347 e. The second kappa shape index (κ2) is 9.97. The van der Waals surface area contributed by atoms with Crippen LogP contribution >= 0.6 is 15.9 Å². The van der Waals surface area contributed by atoms with Gasteiger partial charge in [0.25, 0.3) is 5.91 Å². The minimum absolute atomic E-state index is 0.273. The zero-order valence-electron chi connectivity index (χ0n) is 15.4. The van der Waals surface area contributed by atoms with Gasteiger partial charge in [-0.05, 0) is 44.2 Å². The lowest BCUT2D eigenvalue weighted by atomic mass is 10.2. The number of para-hydroxylation sites is 1. The summed E-state index contributed by atoms with van der Waals surface area (Å²) < 4.78 is 16.9. The number of esters is 1. The smallest absolute Gasteiger partial charge is 0.347 e. The lowest BCUT2D eigenvalue weighted by Gasteiger charge is -2.18. The van der Waals surface area contributed by atoms with Crippen LogP contribution in [0.25, 0.3) is 0 Å². The summed E-state index contributed by atoms with van der Waals surface area (Å²) in [6, 6.07) is 14.4. The summed E-state index contributed by atoms with van der Waals surface area (Å²) in [5, 5.41) is 2.73. The van der Waals surface area contributed by atoms with Crippen LogP contribution in [-0.2, 0) is 20.9 Å². The summed E-state index contributed by atoms with van der Waals surface area (Å²) in [4.78, 5) is 24.3. The maximum absolute atomic E-state index is 12.2. The monoisotopic (exact) mass is 435 g/mol. The normalized spacial score (nSPS) is 12.6. The third-order valence-electron chi connectivity index (χ3n) is 3.77. The molecular formula is C20H22BrNO5. The molecule has 0 saturated heterocycles. The molecule has 0 aliphatic rings. The Morgan fingerprint density at radius 3 is 2.37 bits per heavy atom. The van der Waals surface area contributed by atoms with Crippen molar-refractivity contribution in [3.05, 3.63) is 58.6 Å². The van der Waals surface area contributed by atoms with E-state index in [0.29, 0.717) is 11.5 Å². The predicted molar refractivity (Wildman–Crippen MR) is 105 cm³/mol. The minimum Gasteiger partial charge on any atom is -0.496 e. The van der Waals surface area contributed by atoms with Crippen LogP contribution < -0.4 is 14.8 Å². The van der Waals surface area contributed by atoms with Crippen molar-refractivity contribution in [1.82, 2.24) is 5.32 Å². The predicted octanol–water partition coefficient (Wildman–Crippen LogP) is 3.47. The van der Waals surface area contributed by atoms with Gasteiger partial charge in [0, 0.05) is 16.6 Å². The quantitative estimate of drug-likeness (QED) is 0.642. The number of nitrogens with one attached hydrogen (secondary N) is 1. The van der Waals surface area contributed by atoms with Crippen molar-refractivity contribution in [2.45, 2.75) is 32.6 Å². The number of hydrogen-bond donors (Lipinski definition) is 1. The maximum atomic E-state index is 12.2. The van der Waals surface area contributed by atoms with Gasteiger partial charge in [-0.2, -0.15) is 0 Å². The van der Waals surface area contributed by atoms with E-state index in [9.17, 15) is 9.59 Å². The second-order valence-electron chi connectivity index (χ2n) is 5.82.